The molecule has 0 saturated heterocycles. The maximum absolute atomic E-state index is 11.7. The number of aromatic nitrogens is 2. The summed E-state index contributed by atoms with van der Waals surface area (Å²) in [5, 5.41) is 0.370. The molecule has 0 aromatic carbocycles. The number of carbonyl (C=O) groups excluding carboxylic acids is 1. The van der Waals surface area contributed by atoms with Crippen molar-refractivity contribution >= 4 is 34.7 Å². The van der Waals surface area contributed by atoms with Crippen LogP contribution in [0.2, 0.25) is 10.3 Å². The van der Waals surface area contributed by atoms with Crippen LogP contribution in [-0.4, -0.2) is 22.5 Å². The number of hydrogen-bond acceptors (Lipinski definition) is 5. The molecule has 1 rings (SSSR count). The van der Waals surface area contributed by atoms with Crippen LogP contribution >= 0.6 is 23.2 Å². The number of rotatable bonds is 4. The predicted octanol–water partition coefficient (Wildman–Crippen LogP) is 3.70. The highest BCUT2D eigenvalue weighted by Gasteiger charge is 2.20. The second-order valence-corrected chi connectivity index (χ2v) is 4.81. The highest BCUT2D eigenvalue weighted by molar-refractivity contribution is 6.33. The van der Waals surface area contributed by atoms with Crippen LogP contribution in [-0.2, 0) is 9.53 Å². The van der Waals surface area contributed by atoms with Crippen LogP contribution in [0.5, 0.6) is 0 Å². The van der Waals surface area contributed by atoms with E-state index in [1.807, 2.05) is 27.7 Å². The molecule has 0 bridgehead atoms. The van der Waals surface area contributed by atoms with Crippen molar-refractivity contribution in [3.8, 4) is 0 Å². The molecule has 0 atom stereocenters. The van der Waals surface area contributed by atoms with E-state index in [-0.39, 0.29) is 34.4 Å². The number of nitrogens with zero attached hydrogens (tertiary/aromatic N) is 2. The van der Waals surface area contributed by atoms with Crippen LogP contribution in [0, 0.1) is 5.92 Å². The maximum atomic E-state index is 11.7. The molecule has 0 radical (unpaired) electrons. The monoisotopic (exact) mass is 333 g/mol. The average Bonchev–Trinajstić information content (AvgIpc) is 2.39. The molecule has 1 aromatic heterocycles. The Labute approximate surface area is 135 Å². The van der Waals surface area contributed by atoms with Crippen LogP contribution in [0.1, 0.15) is 40.4 Å². The van der Waals surface area contributed by atoms with E-state index in [2.05, 4.69) is 9.97 Å². The number of ether oxygens (including phenoxy) is 1. The van der Waals surface area contributed by atoms with Gasteiger partial charge in [-0.3, -0.25) is 0 Å². The van der Waals surface area contributed by atoms with E-state index in [1.165, 1.54) is 6.07 Å². The smallest absolute Gasteiger partial charge is 0.354 e. The lowest BCUT2D eigenvalue weighted by molar-refractivity contribution is -0.138. The van der Waals surface area contributed by atoms with Crippen molar-refractivity contribution in [3.63, 3.8) is 0 Å². The summed E-state index contributed by atoms with van der Waals surface area (Å²) in [4.78, 5) is 19.8. The number of halogens is 2. The van der Waals surface area contributed by atoms with Crippen LogP contribution in [0.15, 0.2) is 11.8 Å². The summed E-state index contributed by atoms with van der Waals surface area (Å²) in [6.45, 7) is 9.66. The molecule has 5 nitrogen and oxygen atoms in total. The highest BCUT2D eigenvalue weighted by Crippen LogP contribution is 2.25. The van der Waals surface area contributed by atoms with Gasteiger partial charge in [0.1, 0.15) is 16.0 Å². The molecule has 118 valence electrons. The number of nitrogens with two attached hydrogens (primary N) is 1. The minimum atomic E-state index is -0.606. The largest absolute Gasteiger partial charge is 0.461 e. The molecule has 0 aliphatic heterocycles. The number of allylic oxidation sites excluding steroid dienone is 1. The topological polar surface area (TPSA) is 78.1 Å². The molecular formula is C14H21Cl2N3O2. The Balaban J connectivity index is 0.00000191. The summed E-state index contributed by atoms with van der Waals surface area (Å²) < 4.78 is 4.87. The van der Waals surface area contributed by atoms with Crippen molar-refractivity contribution in [1.82, 2.24) is 9.97 Å². The van der Waals surface area contributed by atoms with Crippen molar-refractivity contribution in [2.75, 3.05) is 6.61 Å². The van der Waals surface area contributed by atoms with E-state index in [1.54, 1.807) is 6.92 Å². The average molecular weight is 334 g/mol. The van der Waals surface area contributed by atoms with Crippen molar-refractivity contribution in [2.45, 2.75) is 34.6 Å². The summed E-state index contributed by atoms with van der Waals surface area (Å²) in [5.74, 6) is -0.456. The molecule has 21 heavy (non-hydrogen) atoms. The van der Waals surface area contributed by atoms with Crippen LogP contribution in [0.4, 0.5) is 0 Å². The molecular weight excluding hydrogens is 313 g/mol. The van der Waals surface area contributed by atoms with Gasteiger partial charge in [-0.2, -0.15) is 0 Å². The molecule has 2 N–H and O–H groups in total. The van der Waals surface area contributed by atoms with Crippen LogP contribution < -0.4 is 5.73 Å². The predicted molar refractivity (Wildman–Crippen MR) is 86.0 cm³/mol. The van der Waals surface area contributed by atoms with Crippen LogP contribution in [0.3, 0.4) is 0 Å². The van der Waals surface area contributed by atoms with Crippen molar-refractivity contribution in [3.05, 3.63) is 27.9 Å². The molecule has 1 heterocycles. The minimum absolute atomic E-state index is 0.0322. The molecule has 0 spiro atoms. The van der Waals surface area contributed by atoms with E-state index in [0.29, 0.717) is 5.57 Å². The molecule has 0 unspecified atom stereocenters. The Bertz CT molecular complexity index is 497. The van der Waals surface area contributed by atoms with Crippen molar-refractivity contribution in [2.24, 2.45) is 11.7 Å². The van der Waals surface area contributed by atoms with Gasteiger partial charge < -0.3 is 10.5 Å². The number of carbonyl (C=O) groups is 1. The molecule has 0 aliphatic carbocycles. The second kappa shape index (κ2) is 9.58. The number of hydrogen-bond donors (Lipinski definition) is 1. The summed E-state index contributed by atoms with van der Waals surface area (Å²) in [6.07, 6.45) is 0. The Kier molecular flexibility index (Phi) is 8.97. The van der Waals surface area contributed by atoms with Gasteiger partial charge in [-0.05, 0) is 12.8 Å². The highest BCUT2D eigenvalue weighted by atomic mass is 35.5. The lowest BCUT2D eigenvalue weighted by atomic mass is 10.00. The molecule has 7 heteroatoms. The molecule has 0 amide bonds. The normalized spacial score (nSPS) is 11.4. The lowest BCUT2D eigenvalue weighted by Gasteiger charge is -2.13. The summed E-state index contributed by atoms with van der Waals surface area (Å²) in [6, 6.07) is 1.41. The van der Waals surface area contributed by atoms with E-state index in [4.69, 9.17) is 33.7 Å². The van der Waals surface area contributed by atoms with Gasteiger partial charge in [0.25, 0.3) is 0 Å². The third-order valence-electron chi connectivity index (χ3n) is 2.27. The Hall–Kier alpha value is -1.33. The Morgan fingerprint density at radius 2 is 1.76 bits per heavy atom. The zero-order valence-corrected chi connectivity index (χ0v) is 14.4. The summed E-state index contributed by atoms with van der Waals surface area (Å²) >= 11 is 11.7. The zero-order chi connectivity index (χ0) is 16.6. The van der Waals surface area contributed by atoms with Gasteiger partial charge in [-0.1, -0.05) is 50.9 Å². The third kappa shape index (κ3) is 5.89. The molecule has 0 aliphatic rings. The summed E-state index contributed by atoms with van der Waals surface area (Å²) in [7, 11) is 0. The molecule has 1 aromatic rings. The first-order valence-electron chi connectivity index (χ1n) is 6.74. The Morgan fingerprint density at radius 3 is 2.14 bits per heavy atom. The van der Waals surface area contributed by atoms with E-state index >= 15 is 0 Å². The first-order valence-corrected chi connectivity index (χ1v) is 7.49. The van der Waals surface area contributed by atoms with Gasteiger partial charge >= 0.3 is 5.97 Å². The fraction of sp³-hybridized carbons (Fsp3) is 0.500. The lowest BCUT2D eigenvalue weighted by Crippen LogP contribution is -2.19. The molecule has 0 fully saturated rings. The van der Waals surface area contributed by atoms with Crippen molar-refractivity contribution < 1.29 is 9.53 Å². The minimum Gasteiger partial charge on any atom is -0.461 e. The van der Waals surface area contributed by atoms with Gasteiger partial charge in [0.15, 0.2) is 5.82 Å². The van der Waals surface area contributed by atoms with E-state index in [9.17, 15) is 4.79 Å². The van der Waals surface area contributed by atoms with Gasteiger partial charge in [-0.25, -0.2) is 14.8 Å². The van der Waals surface area contributed by atoms with E-state index in [0.717, 1.165) is 0 Å². The van der Waals surface area contributed by atoms with Gasteiger partial charge in [0.2, 0.25) is 0 Å². The first kappa shape index (κ1) is 19.7. The van der Waals surface area contributed by atoms with E-state index < -0.39 is 5.97 Å². The molecule has 0 saturated carbocycles. The fourth-order valence-corrected chi connectivity index (χ4v) is 1.94. The van der Waals surface area contributed by atoms with Crippen molar-refractivity contribution in [1.29, 1.82) is 0 Å². The van der Waals surface area contributed by atoms with Crippen LogP contribution in [0.25, 0.3) is 5.57 Å². The second-order valence-electron chi connectivity index (χ2n) is 4.04. The standard InChI is InChI=1S/C12H15Cl2N3O2.C2H6/c1-4-19-12(18)10(15)9(6(2)3)11-16-7(13)5-8(14)17-11;1-2/h5-6H,4,15H2,1-3H3;1-2H3/b10-9-;. The zero-order valence-electron chi connectivity index (χ0n) is 12.9. The third-order valence-corrected chi connectivity index (χ3v) is 2.65. The number of esters is 1. The van der Waals surface area contributed by atoms with Gasteiger partial charge in [0, 0.05) is 11.6 Å². The SMILES string of the molecule is CC.CCOC(=O)/C(N)=C(/c1nc(Cl)cc(Cl)n1)C(C)C. The van der Waals surface area contributed by atoms with Gasteiger partial charge in [-0.15, -0.1) is 0 Å². The summed E-state index contributed by atoms with van der Waals surface area (Å²) in [5.41, 5.74) is 6.25. The maximum Gasteiger partial charge on any atom is 0.354 e. The first-order chi connectivity index (χ1) is 9.86. The van der Waals surface area contributed by atoms with Gasteiger partial charge in [0.05, 0.1) is 6.61 Å². The fourth-order valence-electron chi connectivity index (χ4n) is 1.52. The quantitative estimate of drug-likeness (QED) is 0.516. The Morgan fingerprint density at radius 1 is 1.29 bits per heavy atom.